The Morgan fingerprint density at radius 2 is 1.85 bits per heavy atom. The van der Waals surface area contributed by atoms with Crippen LogP contribution in [-0.2, 0) is 9.47 Å². The number of methoxy groups -OCH3 is 3. The summed E-state index contributed by atoms with van der Waals surface area (Å²) in [4.78, 5) is 6.62. The predicted octanol–water partition coefficient (Wildman–Crippen LogP) is 1.11. The van der Waals surface area contributed by atoms with E-state index in [9.17, 15) is 0 Å². The minimum atomic E-state index is 0.322. The molecule has 1 atom stereocenters. The fourth-order valence-corrected chi connectivity index (χ4v) is 2.96. The van der Waals surface area contributed by atoms with Crippen molar-refractivity contribution in [1.82, 2.24) is 10.6 Å². The van der Waals surface area contributed by atoms with Gasteiger partial charge in [0.25, 0.3) is 0 Å². The van der Waals surface area contributed by atoms with E-state index < -0.39 is 0 Å². The maximum absolute atomic E-state index is 5.46. The molecule has 1 fully saturated rings. The molecule has 0 radical (unpaired) electrons. The predicted molar refractivity (Wildman–Crippen MR) is 107 cm³/mol. The number of benzene rings is 1. The molecule has 1 aliphatic rings. The first-order chi connectivity index (χ1) is 13.2. The average molecular weight is 380 g/mol. The van der Waals surface area contributed by atoms with Crippen molar-refractivity contribution >= 4 is 11.6 Å². The Hall–Kier alpha value is -2.19. The van der Waals surface area contributed by atoms with Gasteiger partial charge in [0.2, 0.25) is 0 Å². The van der Waals surface area contributed by atoms with Crippen LogP contribution in [0.1, 0.15) is 6.42 Å². The van der Waals surface area contributed by atoms with Crippen molar-refractivity contribution in [3.05, 3.63) is 18.2 Å². The van der Waals surface area contributed by atoms with Crippen LogP contribution in [0.5, 0.6) is 11.5 Å². The van der Waals surface area contributed by atoms with Gasteiger partial charge in [-0.1, -0.05) is 0 Å². The molecule has 0 aromatic heterocycles. The summed E-state index contributed by atoms with van der Waals surface area (Å²) in [5, 5.41) is 6.76. The molecule has 0 saturated carbocycles. The number of aliphatic imine (C=N–C) groups is 1. The van der Waals surface area contributed by atoms with Crippen LogP contribution in [0.3, 0.4) is 0 Å². The summed E-state index contributed by atoms with van der Waals surface area (Å²) in [6.45, 7) is 4.38. The Labute approximate surface area is 161 Å². The van der Waals surface area contributed by atoms with Crippen LogP contribution in [0, 0.1) is 0 Å². The van der Waals surface area contributed by atoms with Crippen LogP contribution in [0.2, 0.25) is 0 Å². The molecule has 152 valence electrons. The number of nitrogens with one attached hydrogen (secondary N) is 2. The number of rotatable bonds is 10. The Morgan fingerprint density at radius 1 is 1.11 bits per heavy atom. The lowest BCUT2D eigenvalue weighted by molar-refractivity contribution is 0.0733. The molecule has 1 saturated heterocycles. The number of nitrogens with zero attached hydrogens (tertiary/aromatic N) is 2. The van der Waals surface area contributed by atoms with Crippen molar-refractivity contribution in [3.63, 3.8) is 0 Å². The molecule has 0 spiro atoms. The molecule has 0 aliphatic carbocycles. The summed E-state index contributed by atoms with van der Waals surface area (Å²) in [7, 11) is 6.78. The quantitative estimate of drug-likeness (QED) is 0.358. The van der Waals surface area contributed by atoms with E-state index in [1.165, 1.54) is 0 Å². The minimum absolute atomic E-state index is 0.322. The maximum Gasteiger partial charge on any atom is 0.191 e. The van der Waals surface area contributed by atoms with Gasteiger partial charge in [-0.05, 0) is 6.42 Å². The van der Waals surface area contributed by atoms with Gasteiger partial charge in [0.1, 0.15) is 11.5 Å². The van der Waals surface area contributed by atoms with Crippen molar-refractivity contribution in [2.24, 2.45) is 4.99 Å². The fourth-order valence-electron chi connectivity index (χ4n) is 2.96. The molecule has 1 aromatic carbocycles. The van der Waals surface area contributed by atoms with Crippen LogP contribution in [0.25, 0.3) is 0 Å². The summed E-state index contributed by atoms with van der Waals surface area (Å²) in [6, 6.07) is 6.28. The molecule has 1 aromatic rings. The summed E-state index contributed by atoms with van der Waals surface area (Å²) in [5.74, 6) is 2.39. The van der Waals surface area contributed by atoms with Gasteiger partial charge >= 0.3 is 0 Å². The van der Waals surface area contributed by atoms with Crippen LogP contribution in [-0.4, -0.2) is 79.8 Å². The van der Waals surface area contributed by atoms with E-state index >= 15 is 0 Å². The third-order valence-electron chi connectivity index (χ3n) is 4.42. The molecule has 0 amide bonds. The summed E-state index contributed by atoms with van der Waals surface area (Å²) in [6.07, 6.45) is 1.03. The summed E-state index contributed by atoms with van der Waals surface area (Å²) >= 11 is 0. The lowest BCUT2D eigenvalue weighted by atomic mass is 10.2. The molecular weight excluding hydrogens is 348 g/mol. The van der Waals surface area contributed by atoms with Crippen molar-refractivity contribution < 1.29 is 18.9 Å². The highest BCUT2D eigenvalue weighted by Crippen LogP contribution is 2.30. The lowest BCUT2D eigenvalue weighted by Gasteiger charge is -2.21. The Bertz CT molecular complexity index is 575. The third kappa shape index (κ3) is 6.80. The molecule has 1 heterocycles. The molecule has 0 bridgehead atoms. The van der Waals surface area contributed by atoms with Crippen molar-refractivity contribution in [2.75, 3.05) is 72.7 Å². The minimum Gasteiger partial charge on any atom is -0.497 e. The van der Waals surface area contributed by atoms with E-state index in [0.717, 1.165) is 42.7 Å². The van der Waals surface area contributed by atoms with E-state index in [4.69, 9.17) is 18.9 Å². The molecule has 8 nitrogen and oxygen atoms in total. The monoisotopic (exact) mass is 380 g/mol. The van der Waals surface area contributed by atoms with E-state index in [0.29, 0.717) is 32.4 Å². The number of hydrogen-bond donors (Lipinski definition) is 2. The SMILES string of the molecule is CN=C(NCCOCCOC)NC1CCN(c2cc(OC)cc(OC)c2)C1. The highest BCUT2D eigenvalue weighted by atomic mass is 16.5. The molecular formula is C19H32N4O4. The Kier molecular flexibility index (Phi) is 9.00. The van der Waals surface area contributed by atoms with Crippen LogP contribution in [0.15, 0.2) is 23.2 Å². The molecule has 1 unspecified atom stereocenters. The van der Waals surface area contributed by atoms with Gasteiger partial charge in [-0.15, -0.1) is 0 Å². The number of guanidine groups is 1. The highest BCUT2D eigenvalue weighted by molar-refractivity contribution is 5.80. The molecule has 1 aliphatic heterocycles. The summed E-state index contributed by atoms with van der Waals surface area (Å²) in [5.41, 5.74) is 1.10. The number of anilines is 1. The van der Waals surface area contributed by atoms with Crippen molar-refractivity contribution in [1.29, 1.82) is 0 Å². The summed E-state index contributed by atoms with van der Waals surface area (Å²) < 4.78 is 21.2. The molecule has 2 N–H and O–H groups in total. The lowest BCUT2D eigenvalue weighted by Crippen LogP contribution is -2.45. The topological polar surface area (TPSA) is 76.6 Å². The Morgan fingerprint density at radius 3 is 2.48 bits per heavy atom. The average Bonchev–Trinajstić information content (AvgIpc) is 3.17. The van der Waals surface area contributed by atoms with Crippen LogP contribution in [0.4, 0.5) is 5.69 Å². The standard InChI is InChI=1S/C19H32N4O4/c1-20-19(21-6-8-27-10-9-24-2)22-15-5-7-23(14-15)16-11-17(25-3)13-18(12-16)26-4/h11-13,15H,5-10,14H2,1-4H3,(H2,20,21,22). The van der Waals surface area contributed by atoms with Gasteiger partial charge in [0, 0.05) is 63.7 Å². The largest absolute Gasteiger partial charge is 0.497 e. The smallest absolute Gasteiger partial charge is 0.191 e. The van der Waals surface area contributed by atoms with Gasteiger partial charge in [-0.25, -0.2) is 0 Å². The van der Waals surface area contributed by atoms with Crippen molar-refractivity contribution in [3.8, 4) is 11.5 Å². The maximum atomic E-state index is 5.46. The normalized spacial score (nSPS) is 17.1. The molecule has 27 heavy (non-hydrogen) atoms. The second kappa shape index (κ2) is 11.5. The van der Waals surface area contributed by atoms with Gasteiger partial charge in [-0.3, -0.25) is 4.99 Å². The van der Waals surface area contributed by atoms with Gasteiger partial charge in [0.05, 0.1) is 34.0 Å². The third-order valence-corrected chi connectivity index (χ3v) is 4.42. The zero-order valence-electron chi connectivity index (χ0n) is 16.8. The van der Waals surface area contributed by atoms with E-state index in [2.05, 4.69) is 20.5 Å². The zero-order valence-corrected chi connectivity index (χ0v) is 16.8. The highest BCUT2D eigenvalue weighted by Gasteiger charge is 2.24. The molecule has 8 heteroatoms. The first-order valence-corrected chi connectivity index (χ1v) is 9.22. The number of hydrogen-bond acceptors (Lipinski definition) is 6. The van der Waals surface area contributed by atoms with E-state index in [1.54, 1.807) is 28.4 Å². The molecule has 2 rings (SSSR count). The first kappa shape index (κ1) is 21.1. The van der Waals surface area contributed by atoms with Gasteiger partial charge in [-0.2, -0.15) is 0 Å². The second-order valence-corrected chi connectivity index (χ2v) is 6.25. The van der Waals surface area contributed by atoms with Crippen molar-refractivity contribution in [2.45, 2.75) is 12.5 Å². The van der Waals surface area contributed by atoms with E-state index in [-0.39, 0.29) is 0 Å². The van der Waals surface area contributed by atoms with E-state index in [1.807, 2.05) is 18.2 Å². The zero-order chi connectivity index (χ0) is 19.5. The van der Waals surface area contributed by atoms with Crippen LogP contribution < -0.4 is 25.0 Å². The van der Waals surface area contributed by atoms with Gasteiger partial charge < -0.3 is 34.5 Å². The first-order valence-electron chi connectivity index (χ1n) is 9.22. The van der Waals surface area contributed by atoms with Crippen LogP contribution >= 0.6 is 0 Å². The number of ether oxygens (including phenoxy) is 4. The van der Waals surface area contributed by atoms with Gasteiger partial charge in [0.15, 0.2) is 5.96 Å². The fraction of sp³-hybridized carbons (Fsp3) is 0.632. The second-order valence-electron chi connectivity index (χ2n) is 6.25. The Balaban J connectivity index is 1.81.